The van der Waals surface area contributed by atoms with E-state index in [9.17, 15) is 4.79 Å². The lowest BCUT2D eigenvalue weighted by Gasteiger charge is -2.05. The second-order valence-electron chi connectivity index (χ2n) is 3.29. The van der Waals surface area contributed by atoms with Gasteiger partial charge in [0, 0.05) is 10.5 Å². The third-order valence-electron chi connectivity index (χ3n) is 2.09. The zero-order valence-electron chi connectivity index (χ0n) is 8.61. The van der Waals surface area contributed by atoms with Crippen molar-refractivity contribution in [2.75, 3.05) is 0 Å². The molecule has 0 aliphatic rings. The van der Waals surface area contributed by atoms with Gasteiger partial charge in [0.15, 0.2) is 5.76 Å². The van der Waals surface area contributed by atoms with E-state index in [1.54, 1.807) is 24.3 Å². The van der Waals surface area contributed by atoms with Gasteiger partial charge in [-0.3, -0.25) is 4.79 Å². The van der Waals surface area contributed by atoms with Gasteiger partial charge in [-0.2, -0.15) is 0 Å². The summed E-state index contributed by atoms with van der Waals surface area (Å²) in [6, 6.07) is 6.78. The van der Waals surface area contributed by atoms with E-state index >= 15 is 0 Å². The predicted octanol–water partition coefficient (Wildman–Crippen LogP) is 3.02. The molecule has 0 saturated carbocycles. The van der Waals surface area contributed by atoms with Crippen molar-refractivity contribution in [3.63, 3.8) is 0 Å². The number of benzene rings is 1. The lowest BCUT2D eigenvalue weighted by Crippen LogP contribution is -2.22. The molecule has 0 saturated heterocycles. The quantitative estimate of drug-likeness (QED) is 0.947. The van der Waals surface area contributed by atoms with Crippen molar-refractivity contribution in [1.82, 2.24) is 10.5 Å². The molecule has 0 bridgehead atoms. The Kier molecular flexibility index (Phi) is 3.81. The molecule has 1 heterocycles. The zero-order valence-corrected chi connectivity index (χ0v) is 11.0. The first kappa shape index (κ1) is 12.1. The molecule has 0 aliphatic carbocycles. The fourth-order valence-electron chi connectivity index (χ4n) is 1.27. The molecule has 1 amide bonds. The highest BCUT2D eigenvalue weighted by molar-refractivity contribution is 9.10. The summed E-state index contributed by atoms with van der Waals surface area (Å²) in [6.07, 6.45) is 1.52. The van der Waals surface area contributed by atoms with Crippen LogP contribution < -0.4 is 5.32 Å². The molecule has 17 heavy (non-hydrogen) atoms. The summed E-state index contributed by atoms with van der Waals surface area (Å²) in [6.45, 7) is 0.279. The molecule has 1 aromatic heterocycles. The minimum atomic E-state index is -0.257. The van der Waals surface area contributed by atoms with Crippen molar-refractivity contribution >= 4 is 33.4 Å². The molecule has 6 heteroatoms. The minimum absolute atomic E-state index is 0.257. The number of carbonyl (C=O) groups is 1. The van der Waals surface area contributed by atoms with Crippen LogP contribution in [0.4, 0.5) is 0 Å². The topological polar surface area (TPSA) is 55.1 Å². The first-order valence-electron chi connectivity index (χ1n) is 4.79. The summed E-state index contributed by atoms with van der Waals surface area (Å²) < 4.78 is 5.66. The number of aromatic nitrogens is 1. The van der Waals surface area contributed by atoms with E-state index in [4.69, 9.17) is 16.1 Å². The van der Waals surface area contributed by atoms with Gasteiger partial charge in [-0.15, -0.1) is 0 Å². The third-order valence-corrected chi connectivity index (χ3v) is 2.91. The van der Waals surface area contributed by atoms with Gasteiger partial charge in [0.2, 0.25) is 0 Å². The average molecular weight is 316 g/mol. The lowest BCUT2D eigenvalue weighted by molar-refractivity contribution is 0.0947. The smallest absolute Gasteiger partial charge is 0.253 e. The van der Waals surface area contributed by atoms with Crippen LogP contribution in [0.15, 0.2) is 39.5 Å². The molecule has 2 aromatic rings. The molecular formula is C11H8BrClN2O2. The first-order valence-corrected chi connectivity index (χ1v) is 5.97. The maximum Gasteiger partial charge on any atom is 0.253 e. The Morgan fingerprint density at radius 3 is 3.00 bits per heavy atom. The van der Waals surface area contributed by atoms with Gasteiger partial charge in [0.05, 0.1) is 23.3 Å². The van der Waals surface area contributed by atoms with Gasteiger partial charge in [0.1, 0.15) is 0 Å². The van der Waals surface area contributed by atoms with Gasteiger partial charge in [-0.05, 0) is 18.2 Å². The monoisotopic (exact) mass is 314 g/mol. The molecule has 2 rings (SSSR count). The molecule has 1 aromatic carbocycles. The molecule has 0 aliphatic heterocycles. The Balaban J connectivity index is 2.07. The van der Waals surface area contributed by atoms with Crippen LogP contribution in [0.3, 0.4) is 0 Å². The van der Waals surface area contributed by atoms with E-state index in [-0.39, 0.29) is 12.5 Å². The molecular weight excluding hydrogens is 307 g/mol. The Morgan fingerprint density at radius 1 is 1.47 bits per heavy atom. The van der Waals surface area contributed by atoms with Crippen molar-refractivity contribution in [3.05, 3.63) is 51.3 Å². The maximum atomic E-state index is 11.8. The number of hydrogen-bond acceptors (Lipinski definition) is 3. The van der Waals surface area contributed by atoms with Crippen molar-refractivity contribution in [1.29, 1.82) is 0 Å². The summed E-state index contributed by atoms with van der Waals surface area (Å²) in [7, 11) is 0. The average Bonchev–Trinajstić information content (AvgIpc) is 2.82. The Hall–Kier alpha value is -1.33. The van der Waals surface area contributed by atoms with Crippen molar-refractivity contribution in [2.24, 2.45) is 0 Å². The van der Waals surface area contributed by atoms with Crippen LogP contribution in [-0.4, -0.2) is 11.1 Å². The number of nitrogens with one attached hydrogen (secondary N) is 1. The third kappa shape index (κ3) is 3.08. The molecule has 0 unspecified atom stereocenters. The minimum Gasteiger partial charge on any atom is -0.360 e. The van der Waals surface area contributed by atoms with Crippen LogP contribution >= 0.6 is 27.5 Å². The molecule has 4 nitrogen and oxygen atoms in total. The Labute approximate surface area is 111 Å². The fourth-order valence-corrected chi connectivity index (χ4v) is 1.83. The van der Waals surface area contributed by atoms with Gasteiger partial charge >= 0.3 is 0 Å². The van der Waals surface area contributed by atoms with E-state index < -0.39 is 0 Å². The van der Waals surface area contributed by atoms with Gasteiger partial charge in [-0.25, -0.2) is 0 Å². The summed E-state index contributed by atoms with van der Waals surface area (Å²) >= 11 is 9.22. The highest BCUT2D eigenvalue weighted by atomic mass is 79.9. The van der Waals surface area contributed by atoms with E-state index in [1.807, 2.05) is 0 Å². The predicted molar refractivity (Wildman–Crippen MR) is 66.8 cm³/mol. The second-order valence-corrected chi connectivity index (χ2v) is 4.61. The van der Waals surface area contributed by atoms with E-state index in [2.05, 4.69) is 26.4 Å². The number of rotatable bonds is 3. The second kappa shape index (κ2) is 5.33. The van der Waals surface area contributed by atoms with Crippen LogP contribution in [0.2, 0.25) is 5.02 Å². The first-order chi connectivity index (χ1) is 8.16. The number of carbonyl (C=O) groups excluding carboxylic acids is 1. The van der Waals surface area contributed by atoms with Crippen molar-refractivity contribution in [2.45, 2.75) is 6.54 Å². The maximum absolute atomic E-state index is 11.8. The summed E-state index contributed by atoms with van der Waals surface area (Å²) in [4.78, 5) is 11.8. The van der Waals surface area contributed by atoms with E-state index in [1.165, 1.54) is 6.20 Å². The number of hydrogen-bond donors (Lipinski definition) is 1. The molecule has 0 spiro atoms. The zero-order chi connectivity index (χ0) is 12.3. The summed E-state index contributed by atoms with van der Waals surface area (Å²) in [5.74, 6) is 0.331. The summed E-state index contributed by atoms with van der Waals surface area (Å²) in [5.41, 5.74) is 0.417. The lowest BCUT2D eigenvalue weighted by atomic mass is 10.2. The van der Waals surface area contributed by atoms with Crippen LogP contribution in [0, 0.1) is 0 Å². The van der Waals surface area contributed by atoms with E-state index in [0.717, 1.165) is 4.47 Å². The summed E-state index contributed by atoms with van der Waals surface area (Å²) in [5, 5.41) is 6.64. The van der Waals surface area contributed by atoms with Gasteiger partial charge in [-0.1, -0.05) is 32.7 Å². The normalized spacial score (nSPS) is 10.2. The van der Waals surface area contributed by atoms with Crippen LogP contribution in [0.5, 0.6) is 0 Å². The largest absolute Gasteiger partial charge is 0.360 e. The SMILES string of the molecule is O=C(NCc1ccno1)c1cc(Br)ccc1Cl. The fraction of sp³-hybridized carbons (Fsp3) is 0.0909. The molecule has 1 N–H and O–H groups in total. The number of halogens is 2. The number of amides is 1. The van der Waals surface area contributed by atoms with Gasteiger partial charge < -0.3 is 9.84 Å². The molecule has 0 atom stereocenters. The van der Waals surface area contributed by atoms with Crippen molar-refractivity contribution in [3.8, 4) is 0 Å². The van der Waals surface area contributed by atoms with E-state index in [0.29, 0.717) is 16.3 Å². The number of nitrogens with zero attached hydrogens (tertiary/aromatic N) is 1. The highest BCUT2D eigenvalue weighted by Crippen LogP contribution is 2.20. The van der Waals surface area contributed by atoms with Crippen LogP contribution in [0.25, 0.3) is 0 Å². The van der Waals surface area contributed by atoms with Gasteiger partial charge in [0.25, 0.3) is 5.91 Å². The standard InChI is InChI=1S/C11H8BrClN2O2/c12-7-1-2-10(13)9(5-7)11(16)14-6-8-3-4-15-17-8/h1-5H,6H2,(H,14,16). The molecule has 0 radical (unpaired) electrons. The van der Waals surface area contributed by atoms with Crippen molar-refractivity contribution < 1.29 is 9.32 Å². The molecule has 88 valence electrons. The Morgan fingerprint density at radius 2 is 2.29 bits per heavy atom. The van der Waals surface area contributed by atoms with Crippen LogP contribution in [0.1, 0.15) is 16.1 Å². The Bertz CT molecular complexity index is 528. The highest BCUT2D eigenvalue weighted by Gasteiger charge is 2.11. The van der Waals surface area contributed by atoms with Crippen LogP contribution in [-0.2, 0) is 6.54 Å². The molecule has 0 fully saturated rings.